The van der Waals surface area contributed by atoms with Crippen molar-refractivity contribution < 1.29 is 4.79 Å². The van der Waals surface area contributed by atoms with E-state index in [1.807, 2.05) is 12.1 Å². The van der Waals surface area contributed by atoms with E-state index in [9.17, 15) is 4.79 Å². The third-order valence-electron chi connectivity index (χ3n) is 4.97. The first-order valence-electron chi connectivity index (χ1n) is 8.78. The summed E-state index contributed by atoms with van der Waals surface area (Å²) in [6.07, 6.45) is 3.75. The molecule has 3 heteroatoms. The molecule has 0 atom stereocenters. The van der Waals surface area contributed by atoms with Gasteiger partial charge in [0.2, 0.25) is 0 Å². The normalized spacial score (nSPS) is 16.7. The Balaban J connectivity index is 1.90. The largest absolute Gasteiger partial charge is 0.372 e. The van der Waals surface area contributed by atoms with E-state index in [0.717, 1.165) is 37.7 Å². The maximum absolute atomic E-state index is 12.4. The van der Waals surface area contributed by atoms with Crippen LogP contribution in [0.15, 0.2) is 24.3 Å². The zero-order valence-electron chi connectivity index (χ0n) is 14.3. The Hall–Kier alpha value is -1.35. The first-order valence-corrected chi connectivity index (χ1v) is 8.78. The van der Waals surface area contributed by atoms with Crippen molar-refractivity contribution in [3.05, 3.63) is 29.8 Å². The van der Waals surface area contributed by atoms with Crippen LogP contribution < -0.4 is 4.90 Å². The molecule has 3 nitrogen and oxygen atoms in total. The molecule has 122 valence electrons. The van der Waals surface area contributed by atoms with Crippen molar-refractivity contribution in [2.45, 2.75) is 40.0 Å². The summed E-state index contributed by atoms with van der Waals surface area (Å²) < 4.78 is 0. The summed E-state index contributed by atoms with van der Waals surface area (Å²) in [5.74, 6) is 1.11. The van der Waals surface area contributed by atoms with Crippen LogP contribution in [-0.2, 0) is 0 Å². The van der Waals surface area contributed by atoms with Crippen LogP contribution in [0, 0.1) is 5.92 Å². The standard InChI is InChI=1S/C19H30N2O/c1-4-16-11-13-20(14-12-16)15-19(22)17-7-9-18(10-8-17)21(5-2)6-3/h7-10,16H,4-6,11-15H2,1-3H3. The van der Waals surface area contributed by atoms with Gasteiger partial charge in [0.05, 0.1) is 6.54 Å². The predicted molar refractivity (Wildman–Crippen MR) is 93.8 cm³/mol. The fourth-order valence-corrected chi connectivity index (χ4v) is 3.29. The molecule has 2 rings (SSSR count). The van der Waals surface area contributed by atoms with Crippen LogP contribution in [0.5, 0.6) is 0 Å². The maximum Gasteiger partial charge on any atom is 0.176 e. The van der Waals surface area contributed by atoms with Crippen molar-refractivity contribution in [1.29, 1.82) is 0 Å². The summed E-state index contributed by atoms with van der Waals surface area (Å²) >= 11 is 0. The second-order valence-electron chi connectivity index (χ2n) is 6.27. The lowest BCUT2D eigenvalue weighted by atomic mass is 9.94. The van der Waals surface area contributed by atoms with Gasteiger partial charge in [0.15, 0.2) is 5.78 Å². The molecule has 22 heavy (non-hydrogen) atoms. The van der Waals surface area contributed by atoms with E-state index in [1.54, 1.807) is 0 Å². The van der Waals surface area contributed by atoms with Gasteiger partial charge in [-0.25, -0.2) is 0 Å². The molecule has 0 bridgehead atoms. The van der Waals surface area contributed by atoms with Crippen LogP contribution in [0.4, 0.5) is 5.69 Å². The van der Waals surface area contributed by atoms with Gasteiger partial charge in [-0.1, -0.05) is 13.3 Å². The molecule has 0 N–H and O–H groups in total. The molecule has 1 fully saturated rings. The van der Waals surface area contributed by atoms with Crippen molar-refractivity contribution in [3.8, 4) is 0 Å². The summed E-state index contributed by atoms with van der Waals surface area (Å²) in [5.41, 5.74) is 2.04. The van der Waals surface area contributed by atoms with Gasteiger partial charge in [0, 0.05) is 24.3 Å². The lowest BCUT2D eigenvalue weighted by molar-refractivity contribution is 0.0894. The Bertz CT molecular complexity index is 457. The highest BCUT2D eigenvalue weighted by Gasteiger charge is 2.20. The van der Waals surface area contributed by atoms with E-state index < -0.39 is 0 Å². The molecule has 0 radical (unpaired) electrons. The summed E-state index contributed by atoms with van der Waals surface area (Å²) in [4.78, 5) is 17.0. The number of carbonyl (C=O) groups excluding carboxylic acids is 1. The molecule has 1 aromatic rings. The Morgan fingerprint density at radius 1 is 1.09 bits per heavy atom. The summed E-state index contributed by atoms with van der Waals surface area (Å²) in [7, 11) is 0. The van der Waals surface area contributed by atoms with Crippen LogP contribution in [0.1, 0.15) is 50.4 Å². The van der Waals surface area contributed by atoms with Crippen LogP contribution in [0.25, 0.3) is 0 Å². The lowest BCUT2D eigenvalue weighted by Crippen LogP contribution is -2.37. The number of benzene rings is 1. The van der Waals surface area contributed by atoms with Gasteiger partial charge < -0.3 is 4.90 Å². The van der Waals surface area contributed by atoms with E-state index in [-0.39, 0.29) is 5.78 Å². The molecule has 0 aliphatic carbocycles. The first kappa shape index (κ1) is 17.0. The zero-order chi connectivity index (χ0) is 15.9. The number of hydrogen-bond acceptors (Lipinski definition) is 3. The van der Waals surface area contributed by atoms with E-state index in [2.05, 4.69) is 42.7 Å². The van der Waals surface area contributed by atoms with Crippen molar-refractivity contribution >= 4 is 11.5 Å². The zero-order valence-corrected chi connectivity index (χ0v) is 14.3. The summed E-state index contributed by atoms with van der Waals surface area (Å²) in [6.45, 7) is 11.3. The monoisotopic (exact) mass is 302 g/mol. The predicted octanol–water partition coefficient (Wildman–Crippen LogP) is 3.84. The Labute approximate surface area is 135 Å². The number of rotatable bonds is 7. The third kappa shape index (κ3) is 4.33. The number of hydrogen-bond donors (Lipinski definition) is 0. The molecule has 1 heterocycles. The van der Waals surface area contributed by atoms with E-state index in [0.29, 0.717) is 6.54 Å². The highest BCUT2D eigenvalue weighted by molar-refractivity contribution is 5.97. The molecule has 0 saturated carbocycles. The van der Waals surface area contributed by atoms with Gasteiger partial charge in [0.25, 0.3) is 0 Å². The molecular formula is C19H30N2O. The van der Waals surface area contributed by atoms with E-state index >= 15 is 0 Å². The lowest BCUT2D eigenvalue weighted by Gasteiger charge is -2.30. The van der Waals surface area contributed by atoms with Crippen LogP contribution >= 0.6 is 0 Å². The minimum atomic E-state index is 0.251. The minimum absolute atomic E-state index is 0.251. The Kier molecular flexibility index (Phi) is 6.44. The number of carbonyl (C=O) groups is 1. The number of ketones is 1. The van der Waals surface area contributed by atoms with E-state index in [4.69, 9.17) is 0 Å². The molecule has 1 aromatic carbocycles. The SMILES string of the molecule is CCC1CCN(CC(=O)c2ccc(N(CC)CC)cc2)CC1. The molecular weight excluding hydrogens is 272 g/mol. The number of anilines is 1. The third-order valence-corrected chi connectivity index (χ3v) is 4.97. The fraction of sp³-hybridized carbons (Fsp3) is 0.632. The van der Waals surface area contributed by atoms with Crippen molar-refractivity contribution in [3.63, 3.8) is 0 Å². The van der Waals surface area contributed by atoms with Gasteiger partial charge in [-0.3, -0.25) is 9.69 Å². The molecule has 0 amide bonds. The number of piperidine rings is 1. The number of nitrogens with zero attached hydrogens (tertiary/aromatic N) is 2. The summed E-state index contributed by atoms with van der Waals surface area (Å²) in [6, 6.07) is 8.11. The molecule has 1 saturated heterocycles. The molecule has 1 aliphatic heterocycles. The van der Waals surface area contributed by atoms with Gasteiger partial charge in [-0.05, 0) is 70.0 Å². The highest BCUT2D eigenvalue weighted by atomic mass is 16.1. The van der Waals surface area contributed by atoms with Crippen molar-refractivity contribution in [1.82, 2.24) is 4.90 Å². The van der Waals surface area contributed by atoms with Gasteiger partial charge in [0.1, 0.15) is 0 Å². The second-order valence-corrected chi connectivity index (χ2v) is 6.27. The van der Waals surface area contributed by atoms with Crippen LogP contribution in [-0.4, -0.2) is 43.4 Å². The smallest absolute Gasteiger partial charge is 0.176 e. The second kappa shape index (κ2) is 8.33. The first-order chi connectivity index (χ1) is 10.7. The quantitative estimate of drug-likeness (QED) is 0.715. The van der Waals surface area contributed by atoms with Gasteiger partial charge in [-0.15, -0.1) is 0 Å². The summed E-state index contributed by atoms with van der Waals surface area (Å²) in [5, 5.41) is 0. The number of likely N-dealkylation sites (tertiary alicyclic amines) is 1. The van der Waals surface area contributed by atoms with E-state index in [1.165, 1.54) is 24.9 Å². The fourth-order valence-electron chi connectivity index (χ4n) is 3.29. The minimum Gasteiger partial charge on any atom is -0.372 e. The molecule has 0 aromatic heterocycles. The van der Waals surface area contributed by atoms with Crippen LogP contribution in [0.2, 0.25) is 0 Å². The number of Topliss-reactive ketones (excluding diaryl/α,β-unsaturated/α-hetero) is 1. The average Bonchev–Trinajstić information content (AvgIpc) is 2.57. The molecule has 1 aliphatic rings. The van der Waals surface area contributed by atoms with Gasteiger partial charge in [-0.2, -0.15) is 0 Å². The molecule has 0 spiro atoms. The van der Waals surface area contributed by atoms with Crippen molar-refractivity contribution in [2.75, 3.05) is 37.6 Å². The van der Waals surface area contributed by atoms with Gasteiger partial charge >= 0.3 is 0 Å². The van der Waals surface area contributed by atoms with Crippen LogP contribution in [0.3, 0.4) is 0 Å². The maximum atomic E-state index is 12.4. The van der Waals surface area contributed by atoms with Crippen molar-refractivity contribution in [2.24, 2.45) is 5.92 Å². The Morgan fingerprint density at radius 2 is 1.68 bits per heavy atom. The highest BCUT2D eigenvalue weighted by Crippen LogP contribution is 2.20. The molecule has 0 unspecified atom stereocenters. The average molecular weight is 302 g/mol. The Morgan fingerprint density at radius 3 is 2.18 bits per heavy atom. The topological polar surface area (TPSA) is 23.6 Å².